The lowest BCUT2D eigenvalue weighted by molar-refractivity contribution is -0.122. The molecule has 5 nitrogen and oxygen atoms in total. The monoisotopic (exact) mass is 450 g/mol. The van der Waals surface area contributed by atoms with Crippen LogP contribution in [0.15, 0.2) is 59.6 Å². The number of nitrogens with one attached hydrogen (secondary N) is 2. The van der Waals surface area contributed by atoms with Crippen molar-refractivity contribution in [3.05, 3.63) is 60.2 Å². The number of hydrogen-bond donors (Lipinski definition) is 3. The largest absolute Gasteiger partial charge is 0.370 e. The van der Waals surface area contributed by atoms with Gasteiger partial charge in [0.15, 0.2) is 5.96 Å². The molecule has 0 unspecified atom stereocenters. The normalized spacial score (nSPS) is 14.2. The molecule has 25 heavy (non-hydrogen) atoms. The molecule has 6 heteroatoms. The van der Waals surface area contributed by atoms with Crippen molar-refractivity contribution >= 4 is 47.2 Å². The standard InChI is InChI=1S/C19H22N4O.HI/c20-19(23-16-9-2-1-3-10-16)21-13-14-6-4-11-17(12-14)22-18(24)15-7-5-8-15;/h1-4,6,9-12,15H,5,7-8,13H2,(H,22,24)(H3,20,21,23);1H. The van der Waals surface area contributed by atoms with Gasteiger partial charge in [0.25, 0.3) is 0 Å². The van der Waals surface area contributed by atoms with Crippen LogP contribution in [-0.2, 0) is 11.3 Å². The molecule has 2 aromatic rings. The van der Waals surface area contributed by atoms with Crippen LogP contribution in [0.1, 0.15) is 24.8 Å². The molecule has 1 amide bonds. The Hall–Kier alpha value is -2.09. The first-order chi connectivity index (χ1) is 11.7. The number of anilines is 2. The van der Waals surface area contributed by atoms with Crippen LogP contribution in [0.5, 0.6) is 0 Å². The maximum absolute atomic E-state index is 12.0. The molecule has 0 spiro atoms. The van der Waals surface area contributed by atoms with Crippen molar-refractivity contribution in [1.29, 1.82) is 0 Å². The number of nitrogens with two attached hydrogens (primary N) is 1. The minimum absolute atomic E-state index is 0. The summed E-state index contributed by atoms with van der Waals surface area (Å²) in [7, 11) is 0. The number of benzene rings is 2. The van der Waals surface area contributed by atoms with Gasteiger partial charge in [-0.3, -0.25) is 4.79 Å². The highest BCUT2D eigenvalue weighted by Gasteiger charge is 2.25. The summed E-state index contributed by atoms with van der Waals surface area (Å²) in [5, 5.41) is 6.02. The molecule has 132 valence electrons. The highest BCUT2D eigenvalue weighted by Crippen LogP contribution is 2.27. The van der Waals surface area contributed by atoms with Crippen LogP contribution in [0.25, 0.3) is 0 Å². The van der Waals surface area contributed by atoms with Gasteiger partial charge in [0.2, 0.25) is 5.91 Å². The minimum Gasteiger partial charge on any atom is -0.370 e. The molecule has 1 aliphatic carbocycles. The number of carbonyl (C=O) groups excluding carboxylic acids is 1. The van der Waals surface area contributed by atoms with Crippen LogP contribution in [0.3, 0.4) is 0 Å². The van der Waals surface area contributed by atoms with E-state index in [1.807, 2.05) is 54.6 Å². The van der Waals surface area contributed by atoms with E-state index in [9.17, 15) is 4.79 Å². The molecule has 0 radical (unpaired) electrons. The van der Waals surface area contributed by atoms with Crippen LogP contribution in [0.4, 0.5) is 11.4 Å². The van der Waals surface area contributed by atoms with E-state index < -0.39 is 0 Å². The zero-order valence-corrected chi connectivity index (χ0v) is 16.3. The van der Waals surface area contributed by atoms with Gasteiger partial charge in [0.05, 0.1) is 6.54 Å². The first-order valence-corrected chi connectivity index (χ1v) is 8.22. The van der Waals surface area contributed by atoms with Crippen molar-refractivity contribution in [3.63, 3.8) is 0 Å². The Morgan fingerprint density at radius 1 is 1.04 bits per heavy atom. The predicted octanol–water partition coefficient (Wildman–Crippen LogP) is 3.97. The third-order valence-corrected chi connectivity index (χ3v) is 4.15. The van der Waals surface area contributed by atoms with Crippen molar-refractivity contribution < 1.29 is 4.79 Å². The molecule has 1 aliphatic rings. The number of amides is 1. The number of guanidine groups is 1. The van der Waals surface area contributed by atoms with Gasteiger partial charge >= 0.3 is 0 Å². The summed E-state index contributed by atoms with van der Waals surface area (Å²) in [5.41, 5.74) is 8.62. The zero-order chi connectivity index (χ0) is 16.8. The van der Waals surface area contributed by atoms with Gasteiger partial charge in [0, 0.05) is 17.3 Å². The third-order valence-electron chi connectivity index (χ3n) is 4.15. The Bertz CT molecular complexity index is 729. The highest BCUT2D eigenvalue weighted by atomic mass is 127. The Morgan fingerprint density at radius 2 is 1.76 bits per heavy atom. The molecule has 0 aromatic heterocycles. The molecule has 1 fully saturated rings. The lowest BCUT2D eigenvalue weighted by Gasteiger charge is -2.24. The zero-order valence-electron chi connectivity index (χ0n) is 13.9. The van der Waals surface area contributed by atoms with Gasteiger partial charge in [-0.25, -0.2) is 4.99 Å². The minimum atomic E-state index is 0. The van der Waals surface area contributed by atoms with E-state index in [1.165, 1.54) is 0 Å². The van der Waals surface area contributed by atoms with E-state index in [4.69, 9.17) is 5.73 Å². The topological polar surface area (TPSA) is 79.5 Å². The first kappa shape index (κ1) is 19.2. The molecule has 3 rings (SSSR count). The van der Waals surface area contributed by atoms with E-state index >= 15 is 0 Å². The Labute approximate surface area is 165 Å². The molecular formula is C19H23IN4O. The van der Waals surface area contributed by atoms with Crippen molar-refractivity contribution in [2.75, 3.05) is 10.6 Å². The lowest BCUT2D eigenvalue weighted by atomic mass is 9.85. The van der Waals surface area contributed by atoms with Gasteiger partial charge in [-0.2, -0.15) is 0 Å². The number of rotatable bonds is 5. The lowest BCUT2D eigenvalue weighted by Crippen LogP contribution is -2.28. The van der Waals surface area contributed by atoms with Gasteiger partial charge < -0.3 is 16.4 Å². The van der Waals surface area contributed by atoms with E-state index in [0.29, 0.717) is 12.5 Å². The fourth-order valence-electron chi connectivity index (χ4n) is 2.55. The van der Waals surface area contributed by atoms with Crippen LogP contribution in [0.2, 0.25) is 0 Å². The highest BCUT2D eigenvalue weighted by molar-refractivity contribution is 14.0. The maximum Gasteiger partial charge on any atom is 0.227 e. The summed E-state index contributed by atoms with van der Waals surface area (Å²) < 4.78 is 0. The molecule has 2 aromatic carbocycles. The SMILES string of the molecule is I.NC(=NCc1cccc(NC(=O)C2CCC2)c1)Nc1ccccc1. The van der Waals surface area contributed by atoms with Gasteiger partial charge in [-0.15, -0.1) is 24.0 Å². The van der Waals surface area contributed by atoms with Crippen molar-refractivity contribution in [3.8, 4) is 0 Å². The summed E-state index contributed by atoms with van der Waals surface area (Å²) in [6.45, 7) is 0.457. The number of aliphatic imine (C=N–C) groups is 1. The molecule has 0 atom stereocenters. The smallest absolute Gasteiger partial charge is 0.227 e. The van der Waals surface area contributed by atoms with Gasteiger partial charge in [-0.05, 0) is 42.7 Å². The van der Waals surface area contributed by atoms with E-state index in [2.05, 4.69) is 15.6 Å². The molecular weight excluding hydrogens is 427 g/mol. The summed E-state index contributed by atoms with van der Waals surface area (Å²) in [4.78, 5) is 16.3. The van der Waals surface area contributed by atoms with Crippen molar-refractivity contribution in [1.82, 2.24) is 0 Å². The van der Waals surface area contributed by atoms with Crippen LogP contribution in [0, 0.1) is 5.92 Å². The van der Waals surface area contributed by atoms with Gasteiger partial charge in [0.1, 0.15) is 0 Å². The van der Waals surface area contributed by atoms with E-state index in [-0.39, 0.29) is 35.8 Å². The molecule has 0 heterocycles. The number of halogens is 1. The second kappa shape index (κ2) is 9.41. The quantitative estimate of drug-likeness (QED) is 0.367. The molecule has 0 saturated heterocycles. The van der Waals surface area contributed by atoms with E-state index in [1.54, 1.807) is 0 Å². The Kier molecular flexibility index (Phi) is 7.24. The number of nitrogens with zero attached hydrogens (tertiary/aromatic N) is 1. The summed E-state index contributed by atoms with van der Waals surface area (Å²) in [5.74, 6) is 0.662. The summed E-state index contributed by atoms with van der Waals surface area (Å²) >= 11 is 0. The summed E-state index contributed by atoms with van der Waals surface area (Å²) in [6, 6.07) is 17.4. The average Bonchev–Trinajstić information content (AvgIpc) is 2.52. The third kappa shape index (κ3) is 5.74. The first-order valence-electron chi connectivity index (χ1n) is 8.22. The molecule has 4 N–H and O–H groups in total. The fraction of sp³-hybridized carbons (Fsp3) is 0.263. The second-order valence-electron chi connectivity index (χ2n) is 6.01. The molecule has 0 bridgehead atoms. The second-order valence-corrected chi connectivity index (χ2v) is 6.01. The van der Waals surface area contributed by atoms with Crippen molar-refractivity contribution in [2.45, 2.75) is 25.8 Å². The molecule has 0 aliphatic heterocycles. The maximum atomic E-state index is 12.0. The molecule has 1 saturated carbocycles. The van der Waals surface area contributed by atoms with Crippen LogP contribution in [-0.4, -0.2) is 11.9 Å². The van der Waals surface area contributed by atoms with Gasteiger partial charge in [-0.1, -0.05) is 36.8 Å². The predicted molar refractivity (Wildman–Crippen MR) is 113 cm³/mol. The Morgan fingerprint density at radius 3 is 2.44 bits per heavy atom. The number of hydrogen-bond acceptors (Lipinski definition) is 2. The Balaban J connectivity index is 0.00000225. The van der Waals surface area contributed by atoms with Crippen molar-refractivity contribution in [2.24, 2.45) is 16.6 Å². The van der Waals surface area contributed by atoms with Crippen LogP contribution < -0.4 is 16.4 Å². The number of carbonyl (C=O) groups is 1. The number of para-hydroxylation sites is 1. The summed E-state index contributed by atoms with van der Waals surface area (Å²) in [6.07, 6.45) is 3.15. The fourth-order valence-corrected chi connectivity index (χ4v) is 2.55. The average molecular weight is 450 g/mol. The van der Waals surface area contributed by atoms with E-state index in [0.717, 1.165) is 36.2 Å². The van der Waals surface area contributed by atoms with Crippen LogP contribution >= 0.6 is 24.0 Å².